The summed E-state index contributed by atoms with van der Waals surface area (Å²) in [6.07, 6.45) is -3.24. The van der Waals surface area contributed by atoms with Crippen molar-refractivity contribution in [2.45, 2.75) is 24.5 Å². The van der Waals surface area contributed by atoms with Gasteiger partial charge < -0.3 is 9.55 Å². The minimum Gasteiger partial charge on any atom is -0.340 e. The van der Waals surface area contributed by atoms with Gasteiger partial charge in [-0.1, -0.05) is 6.07 Å². The van der Waals surface area contributed by atoms with Crippen LogP contribution in [0.4, 0.5) is 17.1 Å². The van der Waals surface area contributed by atoms with Gasteiger partial charge in [-0.3, -0.25) is 9.78 Å². The number of nitrogens with zero attached hydrogens (tertiary/aromatic N) is 3. The Morgan fingerprint density at radius 2 is 1.86 bits per heavy atom. The Kier molecular flexibility index (Phi) is 5.15. The van der Waals surface area contributed by atoms with Crippen LogP contribution in [0, 0.1) is 11.3 Å². The lowest BCUT2D eigenvalue weighted by atomic mass is 9.97. The molecule has 3 heterocycles. The Morgan fingerprint density at radius 3 is 2.50 bits per heavy atom. The molecule has 3 aromatic heterocycles. The van der Waals surface area contributed by atoms with Crippen LogP contribution in [0.25, 0.3) is 44.0 Å². The van der Waals surface area contributed by atoms with Crippen LogP contribution >= 0.6 is 0 Å². The van der Waals surface area contributed by atoms with E-state index < -0.39 is 37.9 Å². The maximum absolute atomic E-state index is 14.1. The van der Waals surface area contributed by atoms with Crippen molar-refractivity contribution in [3.63, 3.8) is 0 Å². The first-order valence-electron chi connectivity index (χ1n) is 10.5. The number of benzene rings is 2. The third kappa shape index (κ3) is 3.59. The van der Waals surface area contributed by atoms with Gasteiger partial charge in [0.15, 0.2) is 5.43 Å². The molecule has 0 spiro atoms. The predicted molar refractivity (Wildman–Crippen MR) is 124 cm³/mol. The molecule has 7 nitrogen and oxygen atoms in total. The molecule has 0 bridgehead atoms. The van der Waals surface area contributed by atoms with Crippen molar-refractivity contribution in [3.8, 4) is 17.2 Å². The van der Waals surface area contributed by atoms with Gasteiger partial charge in [0.1, 0.15) is 10.5 Å². The van der Waals surface area contributed by atoms with E-state index >= 15 is 0 Å². The molecular weight excluding hydrogens is 500 g/mol. The van der Waals surface area contributed by atoms with Gasteiger partial charge in [-0.2, -0.15) is 26.9 Å². The lowest BCUT2D eigenvalue weighted by Gasteiger charge is -2.17. The highest BCUT2D eigenvalue weighted by atomic mass is 32.3. The van der Waals surface area contributed by atoms with Crippen molar-refractivity contribution in [3.05, 3.63) is 70.1 Å². The summed E-state index contributed by atoms with van der Waals surface area (Å²) in [4.78, 5) is 19.3. The van der Waals surface area contributed by atoms with Gasteiger partial charge in [0.2, 0.25) is 0 Å². The number of aromatic amines is 1. The topological polar surface area (TPSA) is 109 Å². The summed E-state index contributed by atoms with van der Waals surface area (Å²) in [6.45, 7) is 2.00. The number of pyridine rings is 2. The number of alkyl halides is 3. The van der Waals surface area contributed by atoms with Crippen molar-refractivity contribution in [2.75, 3.05) is 0 Å². The number of rotatable bonds is 3. The Balaban J connectivity index is 1.95. The van der Waals surface area contributed by atoms with Gasteiger partial charge >= 0.3 is 16.4 Å². The third-order valence-corrected chi connectivity index (χ3v) is 6.79. The van der Waals surface area contributed by atoms with Gasteiger partial charge in [-0.25, -0.2) is 0 Å². The van der Waals surface area contributed by atoms with Crippen LogP contribution in [0.5, 0.6) is 0 Å². The molecule has 0 aliphatic rings. The molecule has 5 rings (SSSR count). The number of hydrogen-bond acceptors (Lipinski definition) is 5. The number of aromatic nitrogens is 3. The number of fused-ring (bicyclic) bond motifs is 4. The highest BCUT2D eigenvalue weighted by molar-refractivity contribution is 7.86. The molecule has 0 aliphatic carbocycles. The predicted octanol–water partition coefficient (Wildman–Crippen LogP) is 5.27. The number of hydrogen-bond donors (Lipinski definition) is 1. The molecule has 36 heavy (non-hydrogen) atoms. The van der Waals surface area contributed by atoms with Crippen LogP contribution in [-0.2, 0) is 22.9 Å². The van der Waals surface area contributed by atoms with Crippen molar-refractivity contribution >= 4 is 43.1 Å². The molecule has 1 N–H and O–H groups in total. The first kappa shape index (κ1) is 23.5. The van der Waals surface area contributed by atoms with E-state index in [0.717, 1.165) is 24.4 Å². The fourth-order valence-corrected chi connectivity index (χ4v) is 4.89. The van der Waals surface area contributed by atoms with Crippen LogP contribution < -0.4 is 5.43 Å². The smallest absolute Gasteiger partial charge is 0.340 e. The van der Waals surface area contributed by atoms with Crippen LogP contribution in [0.15, 0.2) is 58.5 Å². The zero-order valence-electron chi connectivity index (χ0n) is 18.3. The summed E-state index contributed by atoms with van der Waals surface area (Å²) in [5, 5.41) is 9.63. The SMILES string of the molecule is CCn1c2cc(-c3cncc(S(=O)(=O)F)c3)c(C(F)(F)F)cc2c(=O)c2c3ccc(C#N)cc3[nH]c21. The minimum atomic E-state index is -5.22. The summed E-state index contributed by atoms with van der Waals surface area (Å²) >= 11 is 0. The monoisotopic (exact) mass is 514 g/mol. The fourth-order valence-electron chi connectivity index (χ4n) is 4.43. The Morgan fingerprint density at radius 1 is 1.11 bits per heavy atom. The average molecular weight is 514 g/mol. The zero-order valence-corrected chi connectivity index (χ0v) is 19.1. The van der Waals surface area contributed by atoms with Crippen LogP contribution in [0.2, 0.25) is 0 Å². The summed E-state index contributed by atoms with van der Waals surface area (Å²) in [6, 6.07) is 9.22. The molecular formula is C24H14F4N4O3S. The van der Waals surface area contributed by atoms with Crippen molar-refractivity contribution < 1.29 is 25.5 Å². The highest BCUT2D eigenvalue weighted by Gasteiger charge is 2.35. The van der Waals surface area contributed by atoms with Gasteiger partial charge in [-0.15, -0.1) is 3.89 Å². The molecule has 0 saturated carbocycles. The number of aryl methyl sites for hydroxylation is 1. The van der Waals surface area contributed by atoms with E-state index in [1.165, 1.54) is 6.07 Å². The maximum Gasteiger partial charge on any atom is 0.417 e. The summed E-state index contributed by atoms with van der Waals surface area (Å²) in [5.41, 5.74) is -1.27. The second-order valence-corrected chi connectivity index (χ2v) is 9.40. The quantitative estimate of drug-likeness (QED) is 0.261. The van der Waals surface area contributed by atoms with Crippen molar-refractivity contribution in [2.24, 2.45) is 0 Å². The van der Waals surface area contributed by atoms with Crippen LogP contribution in [0.1, 0.15) is 18.1 Å². The normalized spacial score (nSPS) is 12.4. The second kappa shape index (κ2) is 7.89. The Bertz CT molecular complexity index is 1930. The largest absolute Gasteiger partial charge is 0.417 e. The molecule has 182 valence electrons. The van der Waals surface area contributed by atoms with Crippen LogP contribution in [0.3, 0.4) is 0 Å². The molecule has 0 amide bonds. The molecule has 0 saturated heterocycles. The van der Waals surface area contributed by atoms with Crippen LogP contribution in [-0.4, -0.2) is 23.0 Å². The van der Waals surface area contributed by atoms with Gasteiger partial charge in [-0.05, 0) is 42.8 Å². The molecule has 0 fully saturated rings. The summed E-state index contributed by atoms with van der Waals surface area (Å²) in [7, 11) is -5.22. The fraction of sp³-hybridized carbons (Fsp3) is 0.125. The number of H-pyrrole nitrogens is 1. The van der Waals surface area contributed by atoms with E-state index in [2.05, 4.69) is 9.97 Å². The van der Waals surface area contributed by atoms with Crippen molar-refractivity contribution in [1.82, 2.24) is 14.5 Å². The molecule has 5 aromatic rings. The van der Waals surface area contributed by atoms with E-state index in [1.54, 1.807) is 23.6 Å². The molecule has 0 atom stereocenters. The van der Waals surface area contributed by atoms with Gasteiger partial charge in [0, 0.05) is 40.8 Å². The number of halogens is 4. The van der Waals surface area contributed by atoms with Gasteiger partial charge in [0.05, 0.1) is 28.1 Å². The highest BCUT2D eigenvalue weighted by Crippen LogP contribution is 2.40. The summed E-state index contributed by atoms with van der Waals surface area (Å²) < 4.78 is 80.3. The third-order valence-electron chi connectivity index (χ3n) is 6.00. The lowest BCUT2D eigenvalue weighted by Crippen LogP contribution is -2.14. The lowest BCUT2D eigenvalue weighted by molar-refractivity contribution is -0.137. The van der Waals surface area contributed by atoms with E-state index in [-0.39, 0.29) is 28.4 Å². The molecule has 0 radical (unpaired) electrons. The number of nitrogens with one attached hydrogen (secondary N) is 1. The molecule has 0 unspecified atom stereocenters. The summed E-state index contributed by atoms with van der Waals surface area (Å²) in [5.74, 6) is 0. The molecule has 2 aromatic carbocycles. The Hall–Kier alpha value is -4.24. The van der Waals surface area contributed by atoms with E-state index in [9.17, 15) is 35.5 Å². The van der Waals surface area contributed by atoms with E-state index in [0.29, 0.717) is 28.3 Å². The van der Waals surface area contributed by atoms with Crippen molar-refractivity contribution in [1.29, 1.82) is 5.26 Å². The molecule has 12 heteroatoms. The van der Waals surface area contributed by atoms with E-state index in [4.69, 9.17) is 0 Å². The average Bonchev–Trinajstić information content (AvgIpc) is 3.21. The van der Waals surface area contributed by atoms with E-state index in [1.807, 2.05) is 6.07 Å². The zero-order chi connectivity index (χ0) is 26.0. The first-order chi connectivity index (χ1) is 16.9. The second-order valence-electron chi connectivity index (χ2n) is 8.05. The maximum atomic E-state index is 14.1. The first-order valence-corrected chi connectivity index (χ1v) is 11.9. The number of nitriles is 1. The molecule has 0 aliphatic heterocycles. The minimum absolute atomic E-state index is 0.151. The standard InChI is InChI=1S/C24H14F4N4O3S/c1-2-32-20-8-16(13-6-14(11-30-10-13)36(28,34)35)18(24(25,26)27)7-17(20)22(33)21-15-4-3-12(9-29)5-19(15)31-23(21)32/h3-8,10-11,31H,2H2,1H3. The van der Waals surface area contributed by atoms with Gasteiger partial charge in [0.25, 0.3) is 0 Å². The Labute approximate surface area is 200 Å².